The summed E-state index contributed by atoms with van der Waals surface area (Å²) >= 11 is 0. The zero-order chi connectivity index (χ0) is 42.7. The Morgan fingerprint density at radius 2 is 0.754 bits per heavy atom. The van der Waals surface area contributed by atoms with Crippen LogP contribution in [0.25, 0.3) is 44.2 Å². The van der Waals surface area contributed by atoms with Crippen LogP contribution in [-0.4, -0.2) is 30.3 Å². The summed E-state index contributed by atoms with van der Waals surface area (Å²) in [6, 6.07) is 40.0. The van der Waals surface area contributed by atoms with Gasteiger partial charge in [-0.2, -0.15) is 0 Å². The Hall–Kier alpha value is -5.62. The molecule has 57 heavy (non-hydrogen) atoms. The standard InChI is InChI=1S/C42H32O3.C3H8.C2H6O.2C2H6.CH5N/c1-25-9-5-7-11-33(25)41(43)35-17-13-29(21-27(35)3)31-15-19-37-38-20-16-32(24-40(38)45-39(37)23-31)30-14-18-36(28(4)22-30)42(44)34-12-8-6-10-26(34)2;1-3-2;1-2-3;3*1-2/h5-24H,1-4H3;3H2,1-2H3;3H,2H2,1H3;2*1-2H3;2H2,1H3. The first kappa shape index (κ1) is 47.5. The molecule has 3 N–H and O–H groups in total. The molecular weight excluding hydrogens is 703 g/mol. The number of carbonyl (C=O) groups is 2. The van der Waals surface area contributed by atoms with Crippen LogP contribution in [0.5, 0.6) is 0 Å². The molecule has 0 amide bonds. The van der Waals surface area contributed by atoms with E-state index in [0.29, 0.717) is 11.1 Å². The Bertz CT molecular complexity index is 2180. The van der Waals surface area contributed by atoms with Gasteiger partial charge in [-0.25, -0.2) is 0 Å². The Labute approximate surface area is 341 Å². The molecule has 7 rings (SSSR count). The summed E-state index contributed by atoms with van der Waals surface area (Å²) in [7, 11) is 1.50. The first-order chi connectivity index (χ1) is 27.6. The van der Waals surface area contributed by atoms with Crippen LogP contribution in [0.1, 0.15) is 109 Å². The van der Waals surface area contributed by atoms with Gasteiger partial charge in [0.05, 0.1) is 0 Å². The fourth-order valence-corrected chi connectivity index (χ4v) is 6.28. The summed E-state index contributed by atoms with van der Waals surface area (Å²) < 4.78 is 6.39. The van der Waals surface area contributed by atoms with Crippen molar-refractivity contribution in [3.8, 4) is 22.3 Å². The highest BCUT2D eigenvalue weighted by molar-refractivity contribution is 6.12. The number of hydrogen-bond acceptors (Lipinski definition) is 5. The third-order valence-corrected chi connectivity index (χ3v) is 8.86. The van der Waals surface area contributed by atoms with Gasteiger partial charge in [0.1, 0.15) is 11.2 Å². The maximum Gasteiger partial charge on any atom is 0.193 e. The summed E-state index contributed by atoms with van der Waals surface area (Å²) in [6.45, 7) is 22.1. The Morgan fingerprint density at radius 1 is 0.474 bits per heavy atom. The Kier molecular flexibility index (Phi) is 20.1. The van der Waals surface area contributed by atoms with Crippen LogP contribution < -0.4 is 5.73 Å². The zero-order valence-electron chi connectivity index (χ0n) is 36.2. The molecule has 7 aromatic rings. The number of aliphatic hydroxyl groups is 1. The van der Waals surface area contributed by atoms with E-state index in [-0.39, 0.29) is 18.2 Å². The van der Waals surface area contributed by atoms with Gasteiger partial charge >= 0.3 is 0 Å². The summed E-state index contributed by atoms with van der Waals surface area (Å²) in [5.74, 6) is 0.0897. The molecule has 5 heteroatoms. The predicted octanol–water partition coefficient (Wildman–Crippen LogP) is 13.7. The van der Waals surface area contributed by atoms with Gasteiger partial charge < -0.3 is 15.3 Å². The van der Waals surface area contributed by atoms with Gasteiger partial charge in [-0.1, -0.05) is 145 Å². The van der Waals surface area contributed by atoms with E-state index in [1.807, 2.05) is 128 Å². The molecule has 0 aliphatic rings. The second-order valence-electron chi connectivity index (χ2n) is 12.9. The monoisotopic (exact) mass is 765 g/mol. The second-order valence-corrected chi connectivity index (χ2v) is 12.9. The largest absolute Gasteiger partial charge is 0.456 e. The molecule has 0 radical (unpaired) electrons. The van der Waals surface area contributed by atoms with Gasteiger partial charge in [-0.15, -0.1) is 0 Å². The average molecular weight is 766 g/mol. The summed E-state index contributed by atoms with van der Waals surface area (Å²) in [5, 5.41) is 9.68. The molecule has 1 heterocycles. The van der Waals surface area contributed by atoms with Crippen molar-refractivity contribution in [1.29, 1.82) is 0 Å². The molecule has 0 aliphatic heterocycles. The van der Waals surface area contributed by atoms with Crippen molar-refractivity contribution in [2.45, 2.75) is 82.6 Å². The van der Waals surface area contributed by atoms with E-state index in [1.165, 1.54) is 13.5 Å². The van der Waals surface area contributed by atoms with Crippen molar-refractivity contribution in [3.63, 3.8) is 0 Å². The number of fused-ring (bicyclic) bond motifs is 3. The van der Waals surface area contributed by atoms with Gasteiger partial charge in [0.15, 0.2) is 11.6 Å². The minimum absolute atomic E-state index is 0.0448. The molecule has 0 aliphatic carbocycles. The topological polar surface area (TPSA) is 93.5 Å². The highest BCUT2D eigenvalue weighted by atomic mass is 16.3. The number of aryl methyl sites for hydroxylation is 4. The van der Waals surface area contributed by atoms with Crippen LogP contribution in [0.4, 0.5) is 0 Å². The number of aliphatic hydroxyl groups excluding tert-OH is 1. The maximum atomic E-state index is 13.2. The quantitative estimate of drug-likeness (QED) is 0.164. The smallest absolute Gasteiger partial charge is 0.193 e. The van der Waals surface area contributed by atoms with Crippen LogP contribution in [0.2, 0.25) is 0 Å². The van der Waals surface area contributed by atoms with Crippen molar-refractivity contribution >= 4 is 33.5 Å². The molecule has 0 unspecified atom stereocenters. The van der Waals surface area contributed by atoms with Crippen molar-refractivity contribution in [2.75, 3.05) is 13.7 Å². The highest BCUT2D eigenvalue weighted by Crippen LogP contribution is 2.36. The van der Waals surface area contributed by atoms with Gasteiger partial charge in [-0.3, -0.25) is 9.59 Å². The minimum Gasteiger partial charge on any atom is -0.456 e. The molecule has 0 spiro atoms. The van der Waals surface area contributed by atoms with E-state index in [1.54, 1.807) is 6.92 Å². The van der Waals surface area contributed by atoms with Crippen LogP contribution in [0.15, 0.2) is 126 Å². The number of nitrogens with two attached hydrogens (primary N) is 1. The lowest BCUT2D eigenvalue weighted by Gasteiger charge is -2.10. The van der Waals surface area contributed by atoms with Crippen LogP contribution in [0.3, 0.4) is 0 Å². The summed E-state index contributed by atoms with van der Waals surface area (Å²) in [4.78, 5) is 26.5. The van der Waals surface area contributed by atoms with Crippen LogP contribution in [-0.2, 0) is 0 Å². The molecule has 0 atom stereocenters. The molecule has 5 nitrogen and oxygen atoms in total. The number of benzene rings is 6. The first-order valence-electron chi connectivity index (χ1n) is 20.2. The van der Waals surface area contributed by atoms with Crippen LogP contribution >= 0.6 is 0 Å². The molecule has 0 fully saturated rings. The minimum atomic E-state index is 0.0448. The van der Waals surface area contributed by atoms with Gasteiger partial charge in [0.25, 0.3) is 0 Å². The number of hydrogen-bond donors (Lipinski definition) is 2. The van der Waals surface area contributed by atoms with E-state index < -0.39 is 0 Å². The van der Waals surface area contributed by atoms with Crippen LogP contribution in [0, 0.1) is 27.7 Å². The third-order valence-electron chi connectivity index (χ3n) is 8.86. The third kappa shape index (κ3) is 11.7. The number of ketones is 2. The molecule has 1 aromatic heterocycles. The molecule has 0 saturated carbocycles. The molecular formula is C52H63NO4. The van der Waals surface area contributed by atoms with E-state index in [4.69, 9.17) is 9.52 Å². The fraction of sp³-hybridized carbons (Fsp3) is 0.269. The first-order valence-corrected chi connectivity index (χ1v) is 20.2. The van der Waals surface area contributed by atoms with E-state index in [9.17, 15) is 9.59 Å². The Balaban J connectivity index is 0.000000847. The molecule has 0 saturated heterocycles. The fourth-order valence-electron chi connectivity index (χ4n) is 6.28. The highest BCUT2D eigenvalue weighted by Gasteiger charge is 2.17. The lowest BCUT2D eigenvalue weighted by atomic mass is 9.93. The SMILES string of the molecule is CC.CC.CCC.CCO.CN.Cc1ccccc1C(=O)c1ccc(-c2ccc3c(c2)oc2cc(-c4ccc(C(=O)c5ccccc5C)c(C)c4)ccc23)cc1C. The molecule has 6 aromatic carbocycles. The predicted molar refractivity (Wildman–Crippen MR) is 245 cm³/mol. The lowest BCUT2D eigenvalue weighted by Crippen LogP contribution is -2.05. The normalized spacial score (nSPS) is 9.86. The zero-order valence-corrected chi connectivity index (χ0v) is 36.2. The van der Waals surface area contributed by atoms with E-state index >= 15 is 0 Å². The maximum absolute atomic E-state index is 13.2. The van der Waals surface area contributed by atoms with Gasteiger partial charge in [-0.05, 0) is 110 Å². The van der Waals surface area contributed by atoms with Crippen molar-refractivity contribution in [2.24, 2.45) is 5.73 Å². The van der Waals surface area contributed by atoms with Crippen molar-refractivity contribution in [3.05, 3.63) is 166 Å². The lowest BCUT2D eigenvalue weighted by molar-refractivity contribution is 0.102. The average Bonchev–Trinajstić information content (AvgIpc) is 3.61. The molecule has 300 valence electrons. The number of rotatable bonds is 6. The second kappa shape index (κ2) is 24.1. The van der Waals surface area contributed by atoms with Crippen molar-refractivity contribution in [1.82, 2.24) is 0 Å². The van der Waals surface area contributed by atoms with E-state index in [2.05, 4.69) is 68.1 Å². The Morgan fingerprint density at radius 3 is 1.07 bits per heavy atom. The number of furan rings is 1. The summed E-state index contributed by atoms with van der Waals surface area (Å²) in [6.07, 6.45) is 1.25. The summed E-state index contributed by atoms with van der Waals surface area (Å²) in [5.41, 5.74) is 17.0. The van der Waals surface area contributed by atoms with Crippen molar-refractivity contribution < 1.29 is 19.1 Å². The van der Waals surface area contributed by atoms with Gasteiger partial charge in [0.2, 0.25) is 0 Å². The van der Waals surface area contributed by atoms with Gasteiger partial charge in [0, 0.05) is 39.6 Å². The number of carbonyl (C=O) groups excluding carboxylic acids is 2. The van der Waals surface area contributed by atoms with E-state index in [0.717, 1.165) is 77.6 Å². The molecule has 0 bridgehead atoms.